The molecule has 1 aromatic heterocycles. The van der Waals surface area contributed by atoms with E-state index in [2.05, 4.69) is 11.9 Å². The van der Waals surface area contributed by atoms with Crippen molar-refractivity contribution in [2.75, 3.05) is 6.61 Å². The fourth-order valence-corrected chi connectivity index (χ4v) is 2.07. The molecule has 0 aliphatic rings. The van der Waals surface area contributed by atoms with Gasteiger partial charge in [0.25, 0.3) is 0 Å². The van der Waals surface area contributed by atoms with Crippen LogP contribution in [0.5, 0.6) is 0 Å². The lowest BCUT2D eigenvalue weighted by atomic mass is 10.2. The minimum absolute atomic E-state index is 0.0337. The number of nitrogens with zero attached hydrogens (tertiary/aromatic N) is 1. The molecule has 1 heterocycles. The minimum Gasteiger partial charge on any atom is -0.396 e. The van der Waals surface area contributed by atoms with Crippen LogP contribution in [0.4, 0.5) is 0 Å². The maximum Gasteiger partial charge on any atom is 0.0962 e. The Morgan fingerprint density at radius 3 is 2.67 bits per heavy atom. The zero-order valence-electron chi connectivity index (χ0n) is 9.18. The molecule has 0 bridgehead atoms. The molecule has 3 N–H and O–H groups in total. The second-order valence-corrected chi connectivity index (χ2v) is 5.12. The highest BCUT2D eigenvalue weighted by Crippen LogP contribution is 2.23. The highest BCUT2D eigenvalue weighted by molar-refractivity contribution is 7.99. The number of aromatic nitrogens is 1. The smallest absolute Gasteiger partial charge is 0.0962 e. The van der Waals surface area contributed by atoms with Gasteiger partial charge in [-0.3, -0.25) is 0 Å². The predicted molar refractivity (Wildman–Crippen MR) is 63.9 cm³/mol. The van der Waals surface area contributed by atoms with Crippen LogP contribution < -0.4 is 5.73 Å². The quantitative estimate of drug-likeness (QED) is 0.754. The van der Waals surface area contributed by atoms with Crippen LogP contribution in [0.1, 0.15) is 31.9 Å². The summed E-state index contributed by atoms with van der Waals surface area (Å²) in [5, 5.41) is 10.2. The number of rotatable bonds is 5. The molecule has 2 atom stereocenters. The van der Waals surface area contributed by atoms with Gasteiger partial charge in [0.05, 0.1) is 5.03 Å². The summed E-state index contributed by atoms with van der Waals surface area (Å²) in [5.74, 6) is 0. The van der Waals surface area contributed by atoms with Gasteiger partial charge in [0, 0.05) is 24.1 Å². The van der Waals surface area contributed by atoms with Gasteiger partial charge >= 0.3 is 0 Å². The molecule has 0 fully saturated rings. The van der Waals surface area contributed by atoms with E-state index in [1.165, 1.54) is 0 Å². The van der Waals surface area contributed by atoms with E-state index in [1.54, 1.807) is 11.8 Å². The third-order valence-electron chi connectivity index (χ3n) is 2.14. The van der Waals surface area contributed by atoms with Crippen LogP contribution >= 0.6 is 11.8 Å². The van der Waals surface area contributed by atoms with Crippen LogP contribution in [-0.4, -0.2) is 21.9 Å². The lowest BCUT2D eigenvalue weighted by molar-refractivity contribution is 0.289. The number of aliphatic hydroxyl groups is 1. The summed E-state index contributed by atoms with van der Waals surface area (Å²) < 4.78 is 0. The fourth-order valence-electron chi connectivity index (χ4n) is 1.18. The molecule has 0 saturated carbocycles. The van der Waals surface area contributed by atoms with Crippen LogP contribution in [0.2, 0.25) is 0 Å². The van der Waals surface area contributed by atoms with Gasteiger partial charge < -0.3 is 10.8 Å². The Kier molecular flexibility index (Phi) is 5.08. The predicted octanol–water partition coefficient (Wildman–Crippen LogP) is 1.96. The van der Waals surface area contributed by atoms with Gasteiger partial charge in [-0.2, -0.15) is 0 Å². The molecule has 2 unspecified atom stereocenters. The van der Waals surface area contributed by atoms with Crippen LogP contribution in [0.15, 0.2) is 23.4 Å². The highest BCUT2D eigenvalue weighted by atomic mass is 32.2. The second kappa shape index (κ2) is 6.10. The third kappa shape index (κ3) is 4.20. The van der Waals surface area contributed by atoms with Gasteiger partial charge in [-0.25, -0.2) is 4.98 Å². The molecule has 0 amide bonds. The van der Waals surface area contributed by atoms with Gasteiger partial charge in [0.15, 0.2) is 0 Å². The zero-order chi connectivity index (χ0) is 11.3. The van der Waals surface area contributed by atoms with E-state index in [0.29, 0.717) is 5.25 Å². The first-order valence-electron chi connectivity index (χ1n) is 5.12. The maximum atomic E-state index is 8.78. The van der Waals surface area contributed by atoms with Crippen LogP contribution in [0.25, 0.3) is 0 Å². The lowest BCUT2D eigenvalue weighted by Crippen LogP contribution is -2.05. The number of pyridine rings is 1. The molecular weight excluding hydrogens is 208 g/mol. The first kappa shape index (κ1) is 12.5. The van der Waals surface area contributed by atoms with Crippen molar-refractivity contribution in [1.29, 1.82) is 0 Å². The Balaban J connectivity index is 2.56. The summed E-state index contributed by atoms with van der Waals surface area (Å²) in [6, 6.07) is 4.02. The minimum atomic E-state index is 0.0337. The average Bonchev–Trinajstić information content (AvgIpc) is 2.18. The molecule has 0 radical (unpaired) electrons. The Labute approximate surface area is 95.1 Å². The van der Waals surface area contributed by atoms with E-state index in [4.69, 9.17) is 10.8 Å². The molecule has 84 valence electrons. The fraction of sp³-hybridized carbons (Fsp3) is 0.545. The van der Waals surface area contributed by atoms with Crippen LogP contribution in [0.3, 0.4) is 0 Å². The Morgan fingerprint density at radius 1 is 1.47 bits per heavy atom. The molecule has 0 aromatic carbocycles. The first-order valence-corrected chi connectivity index (χ1v) is 6.00. The summed E-state index contributed by atoms with van der Waals surface area (Å²) in [5.41, 5.74) is 6.78. The lowest BCUT2D eigenvalue weighted by Gasteiger charge is -2.09. The number of aliphatic hydroxyl groups excluding tert-OH is 1. The Bertz CT molecular complexity index is 287. The number of thioether (sulfide) groups is 1. The summed E-state index contributed by atoms with van der Waals surface area (Å²) >= 11 is 1.68. The van der Waals surface area contributed by atoms with Gasteiger partial charge in [-0.15, -0.1) is 11.8 Å². The van der Waals surface area contributed by atoms with Gasteiger partial charge in [0.1, 0.15) is 0 Å². The van der Waals surface area contributed by atoms with Gasteiger partial charge in [-0.05, 0) is 25.0 Å². The highest BCUT2D eigenvalue weighted by Gasteiger charge is 2.05. The molecule has 0 spiro atoms. The first-order chi connectivity index (χ1) is 7.13. The van der Waals surface area contributed by atoms with Crippen molar-refractivity contribution >= 4 is 11.8 Å². The van der Waals surface area contributed by atoms with E-state index in [1.807, 2.05) is 25.3 Å². The summed E-state index contributed by atoms with van der Waals surface area (Å²) in [6.45, 7) is 4.26. The molecular formula is C11H18N2OS. The van der Waals surface area contributed by atoms with Crippen molar-refractivity contribution in [2.45, 2.75) is 36.6 Å². The zero-order valence-corrected chi connectivity index (χ0v) is 10.00. The average molecular weight is 226 g/mol. The molecule has 0 aliphatic carbocycles. The Hall–Kier alpha value is -0.580. The SMILES string of the molecule is CC(CCO)Sc1ccc(C(C)N)cn1. The molecule has 1 rings (SSSR count). The number of hydrogen-bond donors (Lipinski definition) is 2. The second-order valence-electron chi connectivity index (χ2n) is 3.66. The van der Waals surface area contributed by atoms with E-state index >= 15 is 0 Å². The van der Waals surface area contributed by atoms with E-state index in [-0.39, 0.29) is 12.6 Å². The van der Waals surface area contributed by atoms with Crippen LogP contribution in [-0.2, 0) is 0 Å². The van der Waals surface area contributed by atoms with Gasteiger partial charge in [-0.1, -0.05) is 13.0 Å². The normalized spacial score (nSPS) is 14.9. The topological polar surface area (TPSA) is 59.1 Å². The molecule has 0 saturated heterocycles. The van der Waals surface area contributed by atoms with Crippen molar-refractivity contribution in [3.05, 3.63) is 23.9 Å². The molecule has 1 aromatic rings. The van der Waals surface area contributed by atoms with E-state index in [9.17, 15) is 0 Å². The van der Waals surface area contributed by atoms with Crippen molar-refractivity contribution in [3.63, 3.8) is 0 Å². The molecule has 4 heteroatoms. The van der Waals surface area contributed by atoms with Crippen molar-refractivity contribution in [2.24, 2.45) is 5.73 Å². The van der Waals surface area contributed by atoms with Crippen molar-refractivity contribution in [3.8, 4) is 0 Å². The standard InChI is InChI=1S/C11H18N2OS/c1-8(5-6-14)15-11-4-3-10(7-13-11)9(2)12/h3-4,7-9,14H,5-6,12H2,1-2H3. The van der Waals surface area contributed by atoms with Crippen LogP contribution in [0, 0.1) is 0 Å². The number of nitrogens with two attached hydrogens (primary N) is 1. The number of hydrogen-bond acceptors (Lipinski definition) is 4. The molecule has 0 aliphatic heterocycles. The summed E-state index contributed by atoms with van der Waals surface area (Å²) in [6.07, 6.45) is 2.61. The summed E-state index contributed by atoms with van der Waals surface area (Å²) in [4.78, 5) is 4.32. The third-order valence-corrected chi connectivity index (χ3v) is 3.26. The Morgan fingerprint density at radius 2 is 2.20 bits per heavy atom. The maximum absolute atomic E-state index is 8.78. The van der Waals surface area contributed by atoms with Crippen molar-refractivity contribution in [1.82, 2.24) is 4.98 Å². The largest absolute Gasteiger partial charge is 0.396 e. The van der Waals surface area contributed by atoms with E-state index in [0.717, 1.165) is 17.0 Å². The van der Waals surface area contributed by atoms with Crippen molar-refractivity contribution < 1.29 is 5.11 Å². The monoisotopic (exact) mass is 226 g/mol. The van der Waals surface area contributed by atoms with Gasteiger partial charge in [0.2, 0.25) is 0 Å². The van der Waals surface area contributed by atoms with E-state index < -0.39 is 0 Å². The summed E-state index contributed by atoms with van der Waals surface area (Å²) in [7, 11) is 0. The molecule has 15 heavy (non-hydrogen) atoms. The molecule has 3 nitrogen and oxygen atoms in total.